The van der Waals surface area contributed by atoms with Crippen molar-refractivity contribution in [3.05, 3.63) is 11.3 Å². The number of ether oxygens (including phenoxy) is 1. The lowest BCUT2D eigenvalue weighted by Crippen LogP contribution is -2.46. The van der Waals surface area contributed by atoms with Gasteiger partial charge >= 0.3 is 0 Å². The molecule has 1 aliphatic heterocycles. The summed E-state index contributed by atoms with van der Waals surface area (Å²) in [5, 5.41) is 0. The molecule has 0 atom stereocenters. The fourth-order valence-corrected chi connectivity index (χ4v) is 2.31. The van der Waals surface area contributed by atoms with Crippen LogP contribution in [0.15, 0.2) is 11.3 Å². The molecular formula is C15H30N2O. The van der Waals surface area contributed by atoms with E-state index >= 15 is 0 Å². The quantitative estimate of drug-likeness (QED) is 0.650. The zero-order valence-corrected chi connectivity index (χ0v) is 12.7. The molecule has 1 aliphatic rings. The first-order chi connectivity index (χ1) is 8.67. The summed E-state index contributed by atoms with van der Waals surface area (Å²) in [6, 6.07) is 0. The van der Waals surface area contributed by atoms with Crippen LogP contribution in [0.4, 0.5) is 0 Å². The highest BCUT2D eigenvalue weighted by Crippen LogP contribution is 2.10. The molecule has 1 rings (SSSR count). The second-order valence-corrected chi connectivity index (χ2v) is 5.30. The molecule has 0 aliphatic carbocycles. The SMILES string of the molecule is CCCOC(C)=C(C)CN1CCN(CCC)CC1. The highest BCUT2D eigenvalue weighted by Gasteiger charge is 2.16. The molecule has 18 heavy (non-hydrogen) atoms. The minimum atomic E-state index is 0.841. The lowest BCUT2D eigenvalue weighted by atomic mass is 10.2. The van der Waals surface area contributed by atoms with Crippen molar-refractivity contribution in [1.29, 1.82) is 0 Å². The number of piperazine rings is 1. The van der Waals surface area contributed by atoms with Crippen molar-refractivity contribution in [2.45, 2.75) is 40.5 Å². The largest absolute Gasteiger partial charge is 0.498 e. The van der Waals surface area contributed by atoms with Crippen LogP contribution in [0, 0.1) is 0 Å². The molecule has 0 saturated carbocycles. The van der Waals surface area contributed by atoms with Gasteiger partial charge in [0.05, 0.1) is 12.4 Å². The molecule has 0 aromatic heterocycles. The van der Waals surface area contributed by atoms with Crippen molar-refractivity contribution in [2.24, 2.45) is 0 Å². The lowest BCUT2D eigenvalue weighted by Gasteiger charge is -2.34. The molecule has 0 radical (unpaired) electrons. The summed E-state index contributed by atoms with van der Waals surface area (Å²) in [6.07, 6.45) is 2.35. The summed E-state index contributed by atoms with van der Waals surface area (Å²) >= 11 is 0. The molecule has 1 heterocycles. The molecule has 3 heteroatoms. The maximum absolute atomic E-state index is 5.70. The fourth-order valence-electron chi connectivity index (χ4n) is 2.31. The van der Waals surface area contributed by atoms with Crippen LogP contribution >= 0.6 is 0 Å². The van der Waals surface area contributed by atoms with Gasteiger partial charge in [-0.3, -0.25) is 4.90 Å². The molecule has 1 fully saturated rings. The van der Waals surface area contributed by atoms with E-state index in [1.165, 1.54) is 44.7 Å². The monoisotopic (exact) mass is 254 g/mol. The smallest absolute Gasteiger partial charge is 0.0930 e. The van der Waals surface area contributed by atoms with E-state index < -0.39 is 0 Å². The lowest BCUT2D eigenvalue weighted by molar-refractivity contribution is 0.137. The fraction of sp³-hybridized carbons (Fsp3) is 0.867. The van der Waals surface area contributed by atoms with E-state index in [4.69, 9.17) is 4.74 Å². The Morgan fingerprint density at radius 1 is 0.944 bits per heavy atom. The number of hydrogen-bond donors (Lipinski definition) is 0. The Hall–Kier alpha value is -0.540. The third-order valence-corrected chi connectivity index (χ3v) is 3.59. The van der Waals surface area contributed by atoms with E-state index in [9.17, 15) is 0 Å². The highest BCUT2D eigenvalue weighted by molar-refractivity contribution is 5.05. The van der Waals surface area contributed by atoms with E-state index in [0.717, 1.165) is 25.3 Å². The number of nitrogens with zero attached hydrogens (tertiary/aromatic N) is 2. The van der Waals surface area contributed by atoms with Gasteiger partial charge in [-0.05, 0) is 38.8 Å². The second-order valence-electron chi connectivity index (χ2n) is 5.30. The summed E-state index contributed by atoms with van der Waals surface area (Å²) in [6.45, 7) is 16.7. The number of rotatable bonds is 7. The predicted molar refractivity (Wildman–Crippen MR) is 77.8 cm³/mol. The minimum absolute atomic E-state index is 0.841. The molecule has 1 saturated heterocycles. The van der Waals surface area contributed by atoms with Crippen LogP contribution in [0.2, 0.25) is 0 Å². The zero-order chi connectivity index (χ0) is 13.4. The number of hydrogen-bond acceptors (Lipinski definition) is 3. The Bertz CT molecular complexity index is 255. The summed E-state index contributed by atoms with van der Waals surface area (Å²) < 4.78 is 5.70. The topological polar surface area (TPSA) is 15.7 Å². The van der Waals surface area contributed by atoms with Gasteiger partial charge in [-0.15, -0.1) is 0 Å². The van der Waals surface area contributed by atoms with Crippen molar-refractivity contribution in [3.63, 3.8) is 0 Å². The van der Waals surface area contributed by atoms with Crippen LogP contribution in [0.1, 0.15) is 40.5 Å². The molecule has 0 aromatic carbocycles. The van der Waals surface area contributed by atoms with E-state index in [1.807, 2.05) is 0 Å². The van der Waals surface area contributed by atoms with Gasteiger partial charge in [0.25, 0.3) is 0 Å². The Balaban J connectivity index is 2.31. The molecular weight excluding hydrogens is 224 g/mol. The first-order valence-corrected chi connectivity index (χ1v) is 7.41. The van der Waals surface area contributed by atoms with Crippen LogP contribution in [0.5, 0.6) is 0 Å². The van der Waals surface area contributed by atoms with Crippen LogP contribution in [0.25, 0.3) is 0 Å². The maximum atomic E-state index is 5.70. The molecule has 0 spiro atoms. The van der Waals surface area contributed by atoms with Crippen LogP contribution in [-0.4, -0.2) is 55.7 Å². The highest BCUT2D eigenvalue weighted by atomic mass is 16.5. The van der Waals surface area contributed by atoms with Crippen molar-refractivity contribution >= 4 is 0 Å². The zero-order valence-electron chi connectivity index (χ0n) is 12.7. The normalized spacial score (nSPS) is 19.8. The molecule has 0 N–H and O–H groups in total. The first kappa shape index (κ1) is 15.5. The second kappa shape index (κ2) is 8.54. The number of allylic oxidation sites excluding steroid dienone is 1. The molecule has 0 aromatic rings. The predicted octanol–water partition coefficient (Wildman–Crippen LogP) is 2.73. The molecule has 0 amide bonds. The molecule has 0 bridgehead atoms. The van der Waals surface area contributed by atoms with Gasteiger partial charge in [-0.25, -0.2) is 0 Å². The average Bonchev–Trinajstić information content (AvgIpc) is 2.38. The van der Waals surface area contributed by atoms with Crippen molar-refractivity contribution < 1.29 is 4.74 Å². The van der Waals surface area contributed by atoms with Crippen molar-refractivity contribution in [1.82, 2.24) is 9.80 Å². The van der Waals surface area contributed by atoms with Gasteiger partial charge in [-0.2, -0.15) is 0 Å². The Labute approximate surface area is 113 Å². The van der Waals surface area contributed by atoms with Crippen molar-refractivity contribution in [2.75, 3.05) is 45.9 Å². The summed E-state index contributed by atoms with van der Waals surface area (Å²) in [4.78, 5) is 5.11. The van der Waals surface area contributed by atoms with Gasteiger partial charge in [-0.1, -0.05) is 13.8 Å². The first-order valence-electron chi connectivity index (χ1n) is 7.41. The van der Waals surface area contributed by atoms with Gasteiger partial charge in [0.15, 0.2) is 0 Å². The molecule has 106 valence electrons. The summed E-state index contributed by atoms with van der Waals surface area (Å²) in [7, 11) is 0. The standard InChI is InChI=1S/C15H30N2O/c1-5-7-16-8-10-17(11-9-16)13-14(3)15(4)18-12-6-2/h5-13H2,1-4H3. The minimum Gasteiger partial charge on any atom is -0.498 e. The third-order valence-electron chi connectivity index (χ3n) is 3.59. The van der Waals surface area contributed by atoms with Crippen molar-refractivity contribution in [3.8, 4) is 0 Å². The van der Waals surface area contributed by atoms with Crippen LogP contribution in [0.3, 0.4) is 0 Å². The van der Waals surface area contributed by atoms with Crippen LogP contribution in [-0.2, 0) is 4.74 Å². The van der Waals surface area contributed by atoms with Gasteiger partial charge in [0.1, 0.15) is 0 Å². The van der Waals surface area contributed by atoms with Crippen LogP contribution < -0.4 is 0 Å². The van der Waals surface area contributed by atoms with E-state index in [0.29, 0.717) is 0 Å². The van der Waals surface area contributed by atoms with E-state index in [-0.39, 0.29) is 0 Å². The Morgan fingerprint density at radius 3 is 2.11 bits per heavy atom. The molecule has 0 unspecified atom stereocenters. The summed E-state index contributed by atoms with van der Waals surface area (Å²) in [5.74, 6) is 1.12. The van der Waals surface area contributed by atoms with E-state index in [2.05, 4.69) is 37.5 Å². The molecule has 3 nitrogen and oxygen atoms in total. The summed E-state index contributed by atoms with van der Waals surface area (Å²) in [5.41, 5.74) is 1.38. The van der Waals surface area contributed by atoms with E-state index in [1.54, 1.807) is 0 Å². The van der Waals surface area contributed by atoms with Gasteiger partial charge in [0.2, 0.25) is 0 Å². The van der Waals surface area contributed by atoms with Gasteiger partial charge < -0.3 is 9.64 Å². The third kappa shape index (κ3) is 5.40. The average molecular weight is 254 g/mol. The Morgan fingerprint density at radius 2 is 1.56 bits per heavy atom. The van der Waals surface area contributed by atoms with Gasteiger partial charge in [0, 0.05) is 32.7 Å². The maximum Gasteiger partial charge on any atom is 0.0930 e. The Kier molecular flexibility index (Phi) is 7.36.